The van der Waals surface area contributed by atoms with Crippen LogP contribution in [-0.2, 0) is 9.47 Å². The summed E-state index contributed by atoms with van der Waals surface area (Å²) in [4.78, 5) is 23.8. The molecule has 0 spiro atoms. The van der Waals surface area contributed by atoms with Crippen molar-refractivity contribution in [3.05, 3.63) is 48.5 Å². The molecule has 8 nitrogen and oxygen atoms in total. The molecule has 9 heteroatoms. The van der Waals surface area contributed by atoms with Gasteiger partial charge in [-0.25, -0.2) is 9.59 Å². The average molecular weight is 427 g/mol. The summed E-state index contributed by atoms with van der Waals surface area (Å²) in [6.45, 7) is 10.7. The molecule has 0 saturated carbocycles. The lowest BCUT2D eigenvalue weighted by atomic mass is 10.2. The van der Waals surface area contributed by atoms with Gasteiger partial charge in [-0.2, -0.15) is 0 Å². The van der Waals surface area contributed by atoms with Gasteiger partial charge in [0.1, 0.15) is 22.7 Å². The van der Waals surface area contributed by atoms with Crippen molar-refractivity contribution >= 4 is 31.2 Å². The maximum Gasteiger partial charge on any atom is 0.658 e. The van der Waals surface area contributed by atoms with E-state index in [1.807, 2.05) is 0 Å². The van der Waals surface area contributed by atoms with Gasteiger partial charge >= 0.3 is 19.9 Å². The van der Waals surface area contributed by atoms with Crippen LogP contribution < -0.4 is 19.9 Å². The van der Waals surface area contributed by atoms with Crippen molar-refractivity contribution in [1.82, 2.24) is 0 Å². The number of benzene rings is 2. The normalized spacial score (nSPS) is 11.2. The largest absolute Gasteiger partial charge is 0.658 e. The van der Waals surface area contributed by atoms with Crippen molar-refractivity contribution < 1.29 is 28.4 Å². The maximum absolute atomic E-state index is 11.9. The topological polar surface area (TPSA) is 95.1 Å². The van der Waals surface area contributed by atoms with E-state index in [2.05, 4.69) is 10.6 Å². The molecule has 1 radical (unpaired) electrons. The summed E-state index contributed by atoms with van der Waals surface area (Å²) in [5.41, 5.74) is -0.147. The molecule has 0 fully saturated rings. The van der Waals surface area contributed by atoms with Gasteiger partial charge in [0.2, 0.25) is 0 Å². The fraction of sp³-hybridized carbons (Fsp3) is 0.364. The van der Waals surface area contributed by atoms with Crippen LogP contribution in [0.5, 0.6) is 11.5 Å². The van der Waals surface area contributed by atoms with Gasteiger partial charge in [0, 0.05) is 23.5 Å². The molecule has 0 aliphatic rings. The Labute approximate surface area is 183 Å². The van der Waals surface area contributed by atoms with E-state index in [4.69, 9.17) is 18.8 Å². The molecule has 0 aliphatic heterocycles. The molecule has 2 N–H and O–H groups in total. The van der Waals surface area contributed by atoms with Crippen molar-refractivity contribution in [3.8, 4) is 11.5 Å². The first kappa shape index (κ1) is 23.9. The second-order valence-electron chi connectivity index (χ2n) is 8.64. The van der Waals surface area contributed by atoms with Gasteiger partial charge in [-0.1, -0.05) is 12.1 Å². The van der Waals surface area contributed by atoms with E-state index in [0.717, 1.165) is 7.69 Å². The molecule has 0 atom stereocenters. The van der Waals surface area contributed by atoms with Crippen LogP contribution in [0, 0.1) is 0 Å². The Morgan fingerprint density at radius 3 is 1.45 bits per heavy atom. The third-order valence-corrected chi connectivity index (χ3v) is 3.33. The molecule has 2 aromatic carbocycles. The number of carbonyl (C=O) groups is 2. The molecular weight excluding hydrogens is 399 g/mol. The van der Waals surface area contributed by atoms with E-state index in [1.54, 1.807) is 90.1 Å². The fourth-order valence-corrected chi connectivity index (χ4v) is 2.27. The van der Waals surface area contributed by atoms with Gasteiger partial charge in [0.05, 0.1) is 0 Å². The molecule has 0 aliphatic carbocycles. The van der Waals surface area contributed by atoms with Crippen molar-refractivity contribution in [2.45, 2.75) is 52.7 Å². The van der Waals surface area contributed by atoms with E-state index < -0.39 is 23.4 Å². The Hall–Kier alpha value is -3.36. The molecule has 0 unspecified atom stereocenters. The van der Waals surface area contributed by atoms with Crippen LogP contribution in [-0.4, -0.2) is 31.1 Å². The standard InChI is InChI=1S/C22H28BN2O6/c1-21(2,3)28-19(26)24-15-9-7-11-17(13-15)30-23-31-18-12-8-10-16(14-18)25-20(27)29-22(4,5)6/h7-14H,1-6H3,(H,24,26)(H,25,27). The van der Waals surface area contributed by atoms with Crippen LogP contribution in [0.25, 0.3) is 0 Å². The Kier molecular flexibility index (Phi) is 7.80. The van der Waals surface area contributed by atoms with Crippen molar-refractivity contribution in [2.24, 2.45) is 0 Å². The first-order valence-corrected chi connectivity index (χ1v) is 9.75. The lowest BCUT2D eigenvalue weighted by molar-refractivity contribution is 0.0624. The van der Waals surface area contributed by atoms with E-state index in [1.165, 1.54) is 0 Å². The van der Waals surface area contributed by atoms with Crippen LogP contribution in [0.2, 0.25) is 0 Å². The highest BCUT2D eigenvalue weighted by Crippen LogP contribution is 2.21. The Morgan fingerprint density at radius 1 is 0.710 bits per heavy atom. The first-order chi connectivity index (χ1) is 14.4. The maximum atomic E-state index is 11.9. The Morgan fingerprint density at radius 2 is 1.10 bits per heavy atom. The minimum absolute atomic E-state index is 0.455. The monoisotopic (exact) mass is 427 g/mol. The van der Waals surface area contributed by atoms with Gasteiger partial charge in [-0.3, -0.25) is 10.6 Å². The highest BCUT2D eigenvalue weighted by molar-refractivity contribution is 6.20. The molecule has 2 amide bonds. The van der Waals surface area contributed by atoms with E-state index in [9.17, 15) is 9.59 Å². The molecule has 31 heavy (non-hydrogen) atoms. The summed E-state index contributed by atoms with van der Waals surface area (Å²) in [5.74, 6) is 0.910. The first-order valence-electron chi connectivity index (χ1n) is 9.75. The summed E-state index contributed by atoms with van der Waals surface area (Å²) in [6, 6.07) is 13.5. The lowest BCUT2D eigenvalue weighted by Gasteiger charge is -2.19. The van der Waals surface area contributed by atoms with Gasteiger partial charge in [-0.15, -0.1) is 0 Å². The van der Waals surface area contributed by atoms with Crippen LogP contribution in [0.1, 0.15) is 41.5 Å². The van der Waals surface area contributed by atoms with Gasteiger partial charge < -0.3 is 18.8 Å². The van der Waals surface area contributed by atoms with Crippen molar-refractivity contribution in [2.75, 3.05) is 10.6 Å². The molecular formula is C22H28BN2O6. The number of nitrogens with one attached hydrogen (secondary N) is 2. The van der Waals surface area contributed by atoms with Gasteiger partial charge in [0.15, 0.2) is 0 Å². The Bertz CT molecular complexity index is 832. The van der Waals surface area contributed by atoms with Crippen LogP contribution >= 0.6 is 0 Å². The number of carbonyl (C=O) groups excluding carboxylic acids is 2. The second kappa shape index (κ2) is 10.1. The minimum atomic E-state index is -0.591. The lowest BCUT2D eigenvalue weighted by Crippen LogP contribution is -2.27. The number of hydrogen-bond acceptors (Lipinski definition) is 6. The SMILES string of the molecule is CC(C)(C)OC(=O)Nc1cccc(O[B]Oc2cccc(NC(=O)OC(C)(C)C)c2)c1. The molecule has 0 heterocycles. The quantitative estimate of drug-likeness (QED) is 0.602. The van der Waals surface area contributed by atoms with Crippen molar-refractivity contribution in [1.29, 1.82) is 0 Å². The van der Waals surface area contributed by atoms with Crippen LogP contribution in [0.15, 0.2) is 48.5 Å². The van der Waals surface area contributed by atoms with Gasteiger partial charge in [-0.05, 0) is 65.8 Å². The van der Waals surface area contributed by atoms with E-state index >= 15 is 0 Å². The highest BCUT2D eigenvalue weighted by Gasteiger charge is 2.17. The summed E-state index contributed by atoms with van der Waals surface area (Å²) >= 11 is 0. The summed E-state index contributed by atoms with van der Waals surface area (Å²) in [6.07, 6.45) is -1.11. The molecule has 2 aromatic rings. The number of rotatable bonds is 6. The predicted octanol–water partition coefficient (Wildman–Crippen LogP) is 5.37. The number of hydrogen-bond donors (Lipinski definition) is 2. The smallest absolute Gasteiger partial charge is 0.526 e. The number of ether oxygens (including phenoxy) is 2. The molecule has 0 bridgehead atoms. The summed E-state index contributed by atoms with van der Waals surface area (Å²) < 4.78 is 21.4. The molecule has 0 aromatic heterocycles. The summed E-state index contributed by atoms with van der Waals surface area (Å²) in [5, 5.41) is 5.28. The van der Waals surface area contributed by atoms with Gasteiger partial charge in [0.25, 0.3) is 0 Å². The number of anilines is 2. The van der Waals surface area contributed by atoms with Crippen LogP contribution in [0.4, 0.5) is 21.0 Å². The second-order valence-corrected chi connectivity index (χ2v) is 8.64. The Balaban J connectivity index is 1.87. The highest BCUT2D eigenvalue weighted by atomic mass is 16.6. The zero-order chi connectivity index (χ0) is 23.1. The summed E-state index contributed by atoms with van der Waals surface area (Å²) in [7, 11) is 1.15. The molecule has 165 valence electrons. The molecule has 2 rings (SSSR count). The third-order valence-electron chi connectivity index (χ3n) is 3.33. The fourth-order valence-electron chi connectivity index (χ4n) is 2.27. The number of amides is 2. The predicted molar refractivity (Wildman–Crippen MR) is 120 cm³/mol. The van der Waals surface area contributed by atoms with E-state index in [-0.39, 0.29) is 0 Å². The average Bonchev–Trinajstić information content (AvgIpc) is 2.59. The van der Waals surface area contributed by atoms with Crippen molar-refractivity contribution in [3.63, 3.8) is 0 Å². The third kappa shape index (κ3) is 9.80. The molecule has 0 saturated heterocycles. The van der Waals surface area contributed by atoms with E-state index in [0.29, 0.717) is 22.9 Å². The zero-order valence-electron chi connectivity index (χ0n) is 18.6. The minimum Gasteiger partial charge on any atom is -0.526 e. The zero-order valence-corrected chi connectivity index (χ0v) is 18.6. The van der Waals surface area contributed by atoms with Crippen LogP contribution in [0.3, 0.4) is 0 Å².